The van der Waals surface area contributed by atoms with Crippen LogP contribution in [0, 0.1) is 12.7 Å². The number of nitrogens with one attached hydrogen (secondary N) is 1. The van der Waals surface area contributed by atoms with Gasteiger partial charge in [0, 0.05) is 69.7 Å². The number of aryl methyl sites for hydroxylation is 1. The van der Waals surface area contributed by atoms with E-state index >= 15 is 0 Å². The van der Waals surface area contributed by atoms with Gasteiger partial charge in [0.15, 0.2) is 0 Å². The second-order valence-electron chi connectivity index (χ2n) is 11.3. The predicted octanol–water partition coefficient (Wildman–Crippen LogP) is 4.21. The smallest absolute Gasteiger partial charge is 0.252 e. The molecular formula is C31H38FN7O2. The molecule has 3 aliphatic rings. The number of aromatic nitrogens is 3. The molecule has 10 heteroatoms. The molecule has 5 heterocycles. The minimum absolute atomic E-state index is 0.111. The lowest BCUT2D eigenvalue weighted by Crippen LogP contribution is -2.47. The molecule has 2 atom stereocenters. The van der Waals surface area contributed by atoms with E-state index in [1.807, 2.05) is 19.1 Å². The number of carbonyl (C=O) groups excluding carboxylic acids is 1. The quantitative estimate of drug-likeness (QED) is 0.461. The van der Waals surface area contributed by atoms with Crippen LogP contribution in [0.4, 0.5) is 22.0 Å². The molecule has 3 saturated heterocycles. The number of ether oxygens (including phenoxy) is 1. The van der Waals surface area contributed by atoms with Crippen LogP contribution in [0.2, 0.25) is 0 Å². The average Bonchev–Trinajstić information content (AvgIpc) is 3.68. The molecule has 216 valence electrons. The van der Waals surface area contributed by atoms with Gasteiger partial charge < -0.3 is 24.8 Å². The van der Waals surface area contributed by atoms with Crippen LogP contribution in [0.5, 0.6) is 0 Å². The van der Waals surface area contributed by atoms with Gasteiger partial charge in [0.05, 0.1) is 17.4 Å². The second kappa shape index (κ2) is 12.0. The van der Waals surface area contributed by atoms with E-state index in [-0.39, 0.29) is 17.8 Å². The van der Waals surface area contributed by atoms with Crippen LogP contribution in [0.15, 0.2) is 42.6 Å². The Morgan fingerprint density at radius 3 is 2.49 bits per heavy atom. The fraction of sp³-hybridized carbons (Fsp3) is 0.484. The zero-order chi connectivity index (χ0) is 28.3. The molecule has 9 nitrogen and oxygen atoms in total. The van der Waals surface area contributed by atoms with Crippen molar-refractivity contribution in [1.29, 1.82) is 0 Å². The highest BCUT2D eigenvalue weighted by molar-refractivity contribution is 5.94. The first-order chi connectivity index (χ1) is 19.9. The third kappa shape index (κ3) is 6.12. The van der Waals surface area contributed by atoms with Crippen molar-refractivity contribution in [2.24, 2.45) is 0 Å². The number of nitrogens with zero attached hydrogens (tertiary/aromatic N) is 6. The van der Waals surface area contributed by atoms with Crippen molar-refractivity contribution in [2.75, 3.05) is 60.6 Å². The summed E-state index contributed by atoms with van der Waals surface area (Å²) in [6.45, 7) is 9.59. The Hall–Kier alpha value is -3.79. The molecular weight excluding hydrogens is 521 g/mol. The lowest BCUT2D eigenvalue weighted by atomic mass is 10.1. The number of halogens is 1. The van der Waals surface area contributed by atoms with Crippen LogP contribution in [-0.2, 0) is 4.74 Å². The van der Waals surface area contributed by atoms with Crippen molar-refractivity contribution in [1.82, 2.24) is 20.3 Å². The van der Waals surface area contributed by atoms with Crippen LogP contribution in [-0.4, -0.2) is 78.9 Å². The highest BCUT2D eigenvalue weighted by Gasteiger charge is 2.27. The summed E-state index contributed by atoms with van der Waals surface area (Å²) in [5.41, 5.74) is 3.23. The van der Waals surface area contributed by atoms with E-state index in [2.05, 4.69) is 31.9 Å². The molecule has 3 fully saturated rings. The maximum atomic E-state index is 13.6. The van der Waals surface area contributed by atoms with E-state index in [4.69, 9.17) is 14.7 Å². The van der Waals surface area contributed by atoms with Crippen molar-refractivity contribution < 1.29 is 13.9 Å². The normalized spacial score (nSPS) is 21.0. The van der Waals surface area contributed by atoms with E-state index in [9.17, 15) is 9.18 Å². The minimum Gasteiger partial charge on any atom is -0.376 e. The second-order valence-corrected chi connectivity index (χ2v) is 11.3. The predicted molar refractivity (Wildman–Crippen MR) is 158 cm³/mol. The summed E-state index contributed by atoms with van der Waals surface area (Å²) in [6, 6.07) is 10.8. The largest absolute Gasteiger partial charge is 0.376 e. The molecule has 41 heavy (non-hydrogen) atoms. The Labute approximate surface area is 240 Å². The first kappa shape index (κ1) is 27.4. The van der Waals surface area contributed by atoms with Gasteiger partial charge in [0.25, 0.3) is 5.91 Å². The Bertz CT molecular complexity index is 1370. The van der Waals surface area contributed by atoms with Gasteiger partial charge in [-0.2, -0.15) is 4.98 Å². The lowest BCUT2D eigenvalue weighted by molar-refractivity contribution is 0.0857. The molecule has 3 aromatic rings. The van der Waals surface area contributed by atoms with Gasteiger partial charge in [-0.15, -0.1) is 0 Å². The number of hydrogen-bond donors (Lipinski definition) is 1. The van der Waals surface area contributed by atoms with Gasteiger partial charge in [0.1, 0.15) is 17.5 Å². The van der Waals surface area contributed by atoms with Gasteiger partial charge in [0.2, 0.25) is 5.95 Å². The standard InChI is InChI=1S/C31H38FN7O2/c1-21-17-24(30(40)34-20-26-6-4-16-41-26)19-33-29(21)38-14-12-37(13-15-38)28-18-27(23-7-9-25(32)10-8-23)35-31(36-28)39-11-3-5-22(39)2/h7-10,17-19,22,26H,3-6,11-16,20H2,1-2H3,(H,34,40). The SMILES string of the molecule is Cc1cc(C(=O)NCC2CCCO2)cnc1N1CCN(c2cc(-c3ccc(F)cc3)nc(N3CCCC3C)n2)CC1. The van der Waals surface area contributed by atoms with E-state index in [0.29, 0.717) is 18.2 Å². The number of hydrogen-bond acceptors (Lipinski definition) is 8. The molecule has 2 unspecified atom stereocenters. The zero-order valence-electron chi connectivity index (χ0n) is 23.9. The summed E-state index contributed by atoms with van der Waals surface area (Å²) in [5.74, 6) is 2.15. The van der Waals surface area contributed by atoms with Crippen LogP contribution in [0.3, 0.4) is 0 Å². The number of piperazine rings is 1. The summed E-state index contributed by atoms with van der Waals surface area (Å²) < 4.78 is 19.2. The first-order valence-corrected chi connectivity index (χ1v) is 14.7. The molecule has 6 rings (SSSR count). The minimum atomic E-state index is -0.260. The summed E-state index contributed by atoms with van der Waals surface area (Å²) in [5, 5.41) is 2.98. The molecule has 1 aromatic carbocycles. The van der Waals surface area contributed by atoms with Gasteiger partial charge in [-0.1, -0.05) is 0 Å². The molecule has 0 aliphatic carbocycles. The van der Waals surface area contributed by atoms with Crippen molar-refractivity contribution in [3.8, 4) is 11.3 Å². The van der Waals surface area contributed by atoms with Gasteiger partial charge in [-0.05, 0) is 75.4 Å². The van der Waals surface area contributed by atoms with Gasteiger partial charge in [-0.3, -0.25) is 4.79 Å². The Kier molecular flexibility index (Phi) is 8.00. The number of pyridine rings is 1. The van der Waals surface area contributed by atoms with E-state index < -0.39 is 0 Å². The topological polar surface area (TPSA) is 86.7 Å². The lowest BCUT2D eigenvalue weighted by Gasteiger charge is -2.37. The Morgan fingerprint density at radius 2 is 1.80 bits per heavy atom. The van der Waals surface area contributed by atoms with Crippen LogP contribution < -0.4 is 20.0 Å². The fourth-order valence-electron chi connectivity index (χ4n) is 6.00. The fourth-order valence-corrected chi connectivity index (χ4v) is 6.00. The summed E-state index contributed by atoms with van der Waals surface area (Å²) in [4.78, 5) is 34.1. The summed E-state index contributed by atoms with van der Waals surface area (Å²) in [6.07, 6.45) is 6.07. The molecule has 1 N–H and O–H groups in total. The Balaban J connectivity index is 1.15. The molecule has 3 aliphatic heterocycles. The average molecular weight is 560 g/mol. The van der Waals surface area contributed by atoms with Crippen LogP contribution in [0.1, 0.15) is 48.5 Å². The van der Waals surface area contributed by atoms with Gasteiger partial charge >= 0.3 is 0 Å². The van der Waals surface area contributed by atoms with E-state index in [0.717, 1.165) is 99.4 Å². The van der Waals surface area contributed by atoms with E-state index in [1.54, 1.807) is 18.3 Å². The van der Waals surface area contributed by atoms with E-state index in [1.165, 1.54) is 12.1 Å². The highest BCUT2D eigenvalue weighted by atomic mass is 19.1. The third-order valence-electron chi connectivity index (χ3n) is 8.38. The highest BCUT2D eigenvalue weighted by Crippen LogP contribution is 2.30. The third-order valence-corrected chi connectivity index (χ3v) is 8.38. The maximum absolute atomic E-state index is 13.6. The number of rotatable bonds is 7. The molecule has 0 saturated carbocycles. The Morgan fingerprint density at radius 1 is 1.02 bits per heavy atom. The molecule has 0 bridgehead atoms. The maximum Gasteiger partial charge on any atom is 0.252 e. The number of amides is 1. The van der Waals surface area contributed by atoms with Crippen molar-refractivity contribution >= 4 is 23.5 Å². The number of carbonyl (C=O) groups is 1. The summed E-state index contributed by atoms with van der Waals surface area (Å²) >= 11 is 0. The number of anilines is 3. The van der Waals surface area contributed by atoms with Crippen LogP contribution in [0.25, 0.3) is 11.3 Å². The van der Waals surface area contributed by atoms with Crippen LogP contribution >= 0.6 is 0 Å². The molecule has 0 spiro atoms. The first-order valence-electron chi connectivity index (χ1n) is 14.7. The molecule has 2 aromatic heterocycles. The molecule has 0 radical (unpaired) electrons. The van der Waals surface area contributed by atoms with Crippen molar-refractivity contribution in [3.63, 3.8) is 0 Å². The zero-order valence-corrected chi connectivity index (χ0v) is 23.9. The van der Waals surface area contributed by atoms with Crippen molar-refractivity contribution in [3.05, 3.63) is 59.5 Å². The van der Waals surface area contributed by atoms with Gasteiger partial charge in [-0.25, -0.2) is 14.4 Å². The van der Waals surface area contributed by atoms with Crippen molar-refractivity contribution in [2.45, 2.75) is 51.7 Å². The summed E-state index contributed by atoms with van der Waals surface area (Å²) in [7, 11) is 0. The monoisotopic (exact) mass is 559 g/mol. The molecule has 1 amide bonds. The number of benzene rings is 1.